The van der Waals surface area contributed by atoms with E-state index in [1.165, 1.54) is 25.7 Å². The molecule has 0 radical (unpaired) electrons. The molecule has 4 nitrogen and oxygen atoms in total. The summed E-state index contributed by atoms with van der Waals surface area (Å²) in [5, 5.41) is 0. The Labute approximate surface area is 175 Å². The third-order valence-electron chi connectivity index (χ3n) is 4.74. The molecule has 0 fully saturated rings. The Morgan fingerprint density at radius 1 is 0.571 bits per heavy atom. The predicted octanol–water partition coefficient (Wildman–Crippen LogP) is 6.21. The molecule has 0 rings (SSSR count). The number of ether oxygens (including phenoxy) is 3. The van der Waals surface area contributed by atoms with Gasteiger partial charge in [0.2, 0.25) is 0 Å². The lowest BCUT2D eigenvalue weighted by Crippen LogP contribution is -2.19. The van der Waals surface area contributed by atoms with Crippen molar-refractivity contribution < 1.29 is 19.0 Å². The van der Waals surface area contributed by atoms with Crippen LogP contribution in [0.1, 0.15) is 99.3 Å². The van der Waals surface area contributed by atoms with Crippen LogP contribution in [0.2, 0.25) is 0 Å². The second kappa shape index (κ2) is 16.4. The average Bonchev–Trinajstić information content (AvgIpc) is 2.58. The molecule has 4 heteroatoms. The Balaban J connectivity index is 3.15. The molecule has 0 N–H and O–H groups in total. The van der Waals surface area contributed by atoms with Crippen molar-refractivity contribution in [2.75, 3.05) is 39.6 Å². The van der Waals surface area contributed by atoms with E-state index in [9.17, 15) is 4.79 Å². The number of rotatable bonds is 18. The van der Waals surface area contributed by atoms with Gasteiger partial charge in [0, 0.05) is 25.0 Å². The van der Waals surface area contributed by atoms with E-state index in [1.54, 1.807) is 0 Å². The summed E-state index contributed by atoms with van der Waals surface area (Å²) < 4.78 is 16.7. The fourth-order valence-corrected chi connectivity index (χ4v) is 2.80. The lowest BCUT2D eigenvalue weighted by atomic mass is 9.88. The van der Waals surface area contributed by atoms with Gasteiger partial charge in [-0.3, -0.25) is 4.79 Å². The standard InChI is InChI=1S/C24H48O4/c1-23(2,3)15-11-7-8-12-16-26-18-20-28-21-19-27-17-13-9-10-14-22(25)24(4,5)6/h7-21H2,1-6H3. The van der Waals surface area contributed by atoms with Crippen molar-refractivity contribution in [2.24, 2.45) is 10.8 Å². The van der Waals surface area contributed by atoms with E-state index in [-0.39, 0.29) is 5.41 Å². The zero-order valence-corrected chi connectivity index (χ0v) is 19.7. The molecular weight excluding hydrogens is 352 g/mol. The topological polar surface area (TPSA) is 44.8 Å². The zero-order chi connectivity index (χ0) is 21.3. The summed E-state index contributed by atoms with van der Waals surface area (Å²) in [6.45, 7) is 17.0. The summed E-state index contributed by atoms with van der Waals surface area (Å²) in [6.07, 6.45) is 10.0. The Kier molecular flexibility index (Phi) is 16.1. The summed E-state index contributed by atoms with van der Waals surface area (Å²) in [5.74, 6) is 0.351. The largest absolute Gasteiger partial charge is 0.379 e. The van der Waals surface area contributed by atoms with Gasteiger partial charge >= 0.3 is 0 Å². The van der Waals surface area contributed by atoms with Crippen molar-refractivity contribution in [3.63, 3.8) is 0 Å². The highest BCUT2D eigenvalue weighted by Gasteiger charge is 2.19. The minimum absolute atomic E-state index is 0.205. The van der Waals surface area contributed by atoms with Gasteiger partial charge in [-0.1, -0.05) is 67.2 Å². The van der Waals surface area contributed by atoms with E-state index in [0.29, 0.717) is 44.0 Å². The molecule has 0 atom stereocenters. The molecule has 0 bridgehead atoms. The number of unbranched alkanes of at least 4 members (excludes halogenated alkanes) is 5. The van der Waals surface area contributed by atoms with Crippen LogP contribution in [-0.2, 0) is 19.0 Å². The maximum atomic E-state index is 11.8. The lowest BCUT2D eigenvalue weighted by Gasteiger charge is -2.17. The first-order valence-electron chi connectivity index (χ1n) is 11.4. The third kappa shape index (κ3) is 20.3. The van der Waals surface area contributed by atoms with Crippen LogP contribution >= 0.6 is 0 Å². The van der Waals surface area contributed by atoms with Crippen molar-refractivity contribution in [2.45, 2.75) is 99.3 Å². The van der Waals surface area contributed by atoms with E-state index in [1.807, 2.05) is 20.8 Å². The predicted molar refractivity (Wildman–Crippen MR) is 118 cm³/mol. The maximum absolute atomic E-state index is 11.8. The molecule has 168 valence electrons. The molecule has 0 aliphatic heterocycles. The minimum Gasteiger partial charge on any atom is -0.379 e. The van der Waals surface area contributed by atoms with E-state index in [4.69, 9.17) is 14.2 Å². The van der Waals surface area contributed by atoms with Crippen LogP contribution in [0.5, 0.6) is 0 Å². The van der Waals surface area contributed by atoms with Gasteiger partial charge in [0.25, 0.3) is 0 Å². The number of carbonyl (C=O) groups is 1. The highest BCUT2D eigenvalue weighted by molar-refractivity contribution is 5.83. The van der Waals surface area contributed by atoms with Gasteiger partial charge in [-0.2, -0.15) is 0 Å². The summed E-state index contributed by atoms with van der Waals surface area (Å²) in [5.41, 5.74) is 0.258. The van der Waals surface area contributed by atoms with Gasteiger partial charge in [-0.15, -0.1) is 0 Å². The molecule has 0 amide bonds. The van der Waals surface area contributed by atoms with Gasteiger partial charge in [0.05, 0.1) is 26.4 Å². The molecule has 0 aromatic heterocycles. The first-order valence-corrected chi connectivity index (χ1v) is 11.4. The molecule has 0 aliphatic carbocycles. The summed E-state index contributed by atoms with van der Waals surface area (Å²) in [4.78, 5) is 11.8. The fraction of sp³-hybridized carbons (Fsp3) is 0.958. The first kappa shape index (κ1) is 27.5. The van der Waals surface area contributed by atoms with Crippen LogP contribution in [0.3, 0.4) is 0 Å². The SMILES string of the molecule is CC(C)(C)CCCCCCOCCOCCOCCCCCC(=O)C(C)(C)C. The Morgan fingerprint density at radius 2 is 1.00 bits per heavy atom. The van der Waals surface area contributed by atoms with Gasteiger partial charge in [0.1, 0.15) is 5.78 Å². The first-order chi connectivity index (χ1) is 13.1. The van der Waals surface area contributed by atoms with Gasteiger partial charge in [-0.25, -0.2) is 0 Å². The highest BCUT2D eigenvalue weighted by atomic mass is 16.5. The van der Waals surface area contributed by atoms with Crippen molar-refractivity contribution >= 4 is 5.78 Å². The van der Waals surface area contributed by atoms with E-state index in [2.05, 4.69) is 20.8 Å². The average molecular weight is 401 g/mol. The van der Waals surface area contributed by atoms with Crippen LogP contribution in [-0.4, -0.2) is 45.4 Å². The van der Waals surface area contributed by atoms with Crippen LogP contribution in [0.15, 0.2) is 0 Å². The molecule has 0 saturated carbocycles. The minimum atomic E-state index is -0.205. The number of Topliss-reactive ketones (excluding diaryl/α,β-unsaturated/α-hetero) is 1. The van der Waals surface area contributed by atoms with E-state index < -0.39 is 0 Å². The van der Waals surface area contributed by atoms with Crippen molar-refractivity contribution in [1.82, 2.24) is 0 Å². The number of hydrogen-bond acceptors (Lipinski definition) is 4. The van der Waals surface area contributed by atoms with E-state index >= 15 is 0 Å². The van der Waals surface area contributed by atoms with Crippen LogP contribution in [0.4, 0.5) is 0 Å². The lowest BCUT2D eigenvalue weighted by molar-refractivity contribution is -0.126. The van der Waals surface area contributed by atoms with Crippen LogP contribution in [0.25, 0.3) is 0 Å². The Morgan fingerprint density at radius 3 is 1.46 bits per heavy atom. The molecular formula is C24H48O4. The zero-order valence-electron chi connectivity index (χ0n) is 19.7. The summed E-state index contributed by atoms with van der Waals surface area (Å²) in [6, 6.07) is 0. The molecule has 0 spiro atoms. The highest BCUT2D eigenvalue weighted by Crippen LogP contribution is 2.22. The molecule has 0 aliphatic rings. The summed E-state index contributed by atoms with van der Waals surface area (Å²) in [7, 11) is 0. The maximum Gasteiger partial charge on any atom is 0.138 e. The van der Waals surface area contributed by atoms with Gasteiger partial charge in [-0.05, 0) is 31.1 Å². The third-order valence-corrected chi connectivity index (χ3v) is 4.74. The molecule has 0 unspecified atom stereocenters. The molecule has 0 aromatic carbocycles. The molecule has 0 aromatic rings. The molecule has 0 heterocycles. The number of ketones is 1. The fourth-order valence-electron chi connectivity index (χ4n) is 2.80. The van der Waals surface area contributed by atoms with Crippen molar-refractivity contribution in [3.05, 3.63) is 0 Å². The second-order valence-corrected chi connectivity index (χ2v) is 10.0. The number of hydrogen-bond donors (Lipinski definition) is 0. The normalized spacial score (nSPS) is 12.5. The smallest absolute Gasteiger partial charge is 0.138 e. The Hall–Kier alpha value is -0.450. The van der Waals surface area contributed by atoms with Crippen LogP contribution in [0, 0.1) is 10.8 Å². The van der Waals surface area contributed by atoms with Gasteiger partial charge < -0.3 is 14.2 Å². The summed E-state index contributed by atoms with van der Waals surface area (Å²) >= 11 is 0. The Bertz CT molecular complexity index is 366. The van der Waals surface area contributed by atoms with Crippen molar-refractivity contribution in [1.29, 1.82) is 0 Å². The van der Waals surface area contributed by atoms with Crippen molar-refractivity contribution in [3.8, 4) is 0 Å². The van der Waals surface area contributed by atoms with Gasteiger partial charge in [0.15, 0.2) is 0 Å². The van der Waals surface area contributed by atoms with E-state index in [0.717, 1.165) is 38.9 Å². The quantitative estimate of drug-likeness (QED) is 0.257. The second-order valence-electron chi connectivity index (χ2n) is 10.0. The van der Waals surface area contributed by atoms with Crippen LogP contribution < -0.4 is 0 Å². The molecule has 0 saturated heterocycles. The number of carbonyl (C=O) groups excluding carboxylic acids is 1. The monoisotopic (exact) mass is 400 g/mol. The molecule has 28 heavy (non-hydrogen) atoms.